The van der Waals surface area contributed by atoms with E-state index in [9.17, 15) is 0 Å². The second kappa shape index (κ2) is 8.88. The fourth-order valence-corrected chi connectivity index (χ4v) is 2.23. The molecule has 5 nitrogen and oxygen atoms in total. The number of thiocarbonyl (C=S) groups is 1. The van der Waals surface area contributed by atoms with Crippen molar-refractivity contribution < 1.29 is 9.47 Å². The Morgan fingerprint density at radius 3 is 2.50 bits per heavy atom. The predicted octanol–water partition coefficient (Wildman–Crippen LogP) is 3.09. The Labute approximate surface area is 147 Å². The zero-order valence-electron chi connectivity index (χ0n) is 14.0. The van der Waals surface area contributed by atoms with Crippen LogP contribution in [-0.2, 0) is 6.54 Å². The standard InChI is InChI=1S/C18H21N3O2S/c1-13(16-10-9-15(22-2)11-17(16)23-3)20-21-18(24)19-12-14-7-5-4-6-8-14/h4-11H,12H2,1-3H3,(H2,19,21,24)/b20-13-. The molecule has 0 spiro atoms. The Morgan fingerprint density at radius 2 is 1.83 bits per heavy atom. The van der Waals surface area contributed by atoms with Crippen molar-refractivity contribution in [3.63, 3.8) is 0 Å². The van der Waals surface area contributed by atoms with Gasteiger partial charge in [0.25, 0.3) is 0 Å². The predicted molar refractivity (Wildman–Crippen MR) is 101 cm³/mol. The highest BCUT2D eigenvalue weighted by molar-refractivity contribution is 7.80. The molecule has 0 aliphatic heterocycles. The van der Waals surface area contributed by atoms with Crippen LogP contribution in [0.25, 0.3) is 0 Å². The number of nitrogens with zero attached hydrogens (tertiary/aromatic N) is 1. The van der Waals surface area contributed by atoms with E-state index in [0.29, 0.717) is 17.4 Å². The molecule has 0 bridgehead atoms. The highest BCUT2D eigenvalue weighted by Crippen LogP contribution is 2.24. The Balaban J connectivity index is 1.97. The van der Waals surface area contributed by atoms with Gasteiger partial charge in [-0.2, -0.15) is 5.10 Å². The highest BCUT2D eigenvalue weighted by atomic mass is 32.1. The number of ether oxygens (including phenoxy) is 2. The van der Waals surface area contributed by atoms with Crippen molar-refractivity contribution in [3.8, 4) is 11.5 Å². The van der Waals surface area contributed by atoms with Crippen LogP contribution in [0.15, 0.2) is 53.6 Å². The molecule has 0 atom stereocenters. The first-order valence-corrected chi connectivity index (χ1v) is 7.89. The minimum Gasteiger partial charge on any atom is -0.497 e. The van der Waals surface area contributed by atoms with Crippen LogP contribution in [0, 0.1) is 0 Å². The van der Waals surface area contributed by atoms with E-state index < -0.39 is 0 Å². The number of hydrazone groups is 1. The molecule has 0 aliphatic rings. The van der Waals surface area contributed by atoms with E-state index >= 15 is 0 Å². The Morgan fingerprint density at radius 1 is 1.08 bits per heavy atom. The molecule has 0 aromatic heterocycles. The van der Waals surface area contributed by atoms with Crippen LogP contribution in [-0.4, -0.2) is 25.0 Å². The lowest BCUT2D eigenvalue weighted by atomic mass is 10.1. The second-order valence-corrected chi connectivity index (χ2v) is 5.45. The van der Waals surface area contributed by atoms with Gasteiger partial charge >= 0.3 is 0 Å². The Hall–Kier alpha value is -2.60. The molecule has 2 rings (SSSR count). The van der Waals surface area contributed by atoms with Crippen molar-refractivity contribution in [2.75, 3.05) is 14.2 Å². The summed E-state index contributed by atoms with van der Waals surface area (Å²) in [4.78, 5) is 0. The van der Waals surface area contributed by atoms with Crippen molar-refractivity contribution in [2.45, 2.75) is 13.5 Å². The van der Waals surface area contributed by atoms with Gasteiger partial charge in [0.05, 0.1) is 19.9 Å². The molecule has 2 aromatic carbocycles. The fourth-order valence-electron chi connectivity index (χ4n) is 2.11. The third-order valence-corrected chi connectivity index (χ3v) is 3.66. The molecule has 0 radical (unpaired) electrons. The van der Waals surface area contributed by atoms with Gasteiger partial charge < -0.3 is 14.8 Å². The number of hydrogen-bond donors (Lipinski definition) is 2. The Kier molecular flexibility index (Phi) is 6.57. The topological polar surface area (TPSA) is 54.9 Å². The van der Waals surface area contributed by atoms with Gasteiger partial charge in [0.2, 0.25) is 0 Å². The molecule has 6 heteroatoms. The van der Waals surface area contributed by atoms with Crippen molar-refractivity contribution >= 4 is 23.0 Å². The molecule has 0 fully saturated rings. The van der Waals surface area contributed by atoms with Crippen LogP contribution in [0.1, 0.15) is 18.1 Å². The van der Waals surface area contributed by atoms with Crippen LogP contribution < -0.4 is 20.2 Å². The lowest BCUT2D eigenvalue weighted by molar-refractivity contribution is 0.394. The van der Waals surface area contributed by atoms with Crippen molar-refractivity contribution in [3.05, 3.63) is 59.7 Å². The molecule has 0 unspecified atom stereocenters. The summed E-state index contributed by atoms with van der Waals surface area (Å²) < 4.78 is 10.6. The Bertz CT molecular complexity index is 717. The van der Waals surface area contributed by atoms with E-state index in [1.54, 1.807) is 14.2 Å². The van der Waals surface area contributed by atoms with Crippen molar-refractivity contribution in [1.82, 2.24) is 10.7 Å². The minimum absolute atomic E-state index is 0.464. The molecule has 2 aromatic rings. The molecular formula is C18H21N3O2S. The molecule has 126 valence electrons. The first-order chi connectivity index (χ1) is 11.6. The number of benzene rings is 2. The third-order valence-electron chi connectivity index (χ3n) is 3.42. The molecule has 0 amide bonds. The van der Waals surface area contributed by atoms with E-state index in [0.717, 1.165) is 22.6 Å². The third kappa shape index (κ3) is 4.96. The largest absolute Gasteiger partial charge is 0.497 e. The molecule has 0 heterocycles. The van der Waals surface area contributed by atoms with Crippen molar-refractivity contribution in [1.29, 1.82) is 0 Å². The lowest BCUT2D eigenvalue weighted by Crippen LogP contribution is -2.32. The van der Waals surface area contributed by atoms with Crippen LogP contribution in [0.2, 0.25) is 0 Å². The van der Waals surface area contributed by atoms with Crippen LogP contribution in [0.4, 0.5) is 0 Å². The van der Waals surface area contributed by atoms with E-state index in [2.05, 4.69) is 15.8 Å². The van der Waals surface area contributed by atoms with Crippen LogP contribution in [0.5, 0.6) is 11.5 Å². The number of nitrogens with one attached hydrogen (secondary N) is 2. The quantitative estimate of drug-likeness (QED) is 0.480. The molecule has 0 saturated heterocycles. The zero-order valence-corrected chi connectivity index (χ0v) is 14.8. The normalized spacial score (nSPS) is 10.9. The number of methoxy groups -OCH3 is 2. The first kappa shape index (κ1) is 17.7. The van der Waals surface area contributed by atoms with Gasteiger partial charge in [-0.1, -0.05) is 30.3 Å². The summed E-state index contributed by atoms with van der Waals surface area (Å²) in [6.07, 6.45) is 0. The van der Waals surface area contributed by atoms with Gasteiger partial charge in [0, 0.05) is 18.2 Å². The van der Waals surface area contributed by atoms with Crippen molar-refractivity contribution in [2.24, 2.45) is 5.10 Å². The smallest absolute Gasteiger partial charge is 0.187 e. The van der Waals surface area contributed by atoms with Crippen LogP contribution in [0.3, 0.4) is 0 Å². The monoisotopic (exact) mass is 343 g/mol. The molecule has 0 aliphatic carbocycles. The van der Waals surface area contributed by atoms with Gasteiger partial charge in [-0.05, 0) is 36.8 Å². The summed E-state index contributed by atoms with van der Waals surface area (Å²) in [5, 5.41) is 7.89. The van der Waals surface area contributed by atoms with Gasteiger partial charge in [-0.25, -0.2) is 0 Å². The number of hydrogen-bond acceptors (Lipinski definition) is 4. The van der Waals surface area contributed by atoms with Gasteiger partial charge in [0.15, 0.2) is 5.11 Å². The summed E-state index contributed by atoms with van der Waals surface area (Å²) in [7, 11) is 3.23. The molecule has 2 N–H and O–H groups in total. The van der Waals surface area contributed by atoms with E-state index in [1.807, 2.05) is 55.5 Å². The SMILES string of the molecule is COc1ccc(/C(C)=N\NC(=S)NCc2ccccc2)c(OC)c1. The van der Waals surface area contributed by atoms with E-state index in [-0.39, 0.29) is 0 Å². The van der Waals surface area contributed by atoms with E-state index in [1.165, 1.54) is 0 Å². The fraction of sp³-hybridized carbons (Fsp3) is 0.222. The summed E-state index contributed by atoms with van der Waals surface area (Å²) in [6.45, 7) is 2.53. The molecule has 24 heavy (non-hydrogen) atoms. The average Bonchev–Trinajstić information content (AvgIpc) is 2.64. The molecule has 0 saturated carbocycles. The van der Waals surface area contributed by atoms with Gasteiger partial charge in [0.1, 0.15) is 11.5 Å². The summed E-state index contributed by atoms with van der Waals surface area (Å²) in [5.41, 5.74) is 5.64. The maximum atomic E-state index is 5.38. The van der Waals surface area contributed by atoms with E-state index in [4.69, 9.17) is 21.7 Å². The maximum Gasteiger partial charge on any atom is 0.187 e. The summed E-state index contributed by atoms with van der Waals surface area (Å²) in [5.74, 6) is 1.43. The molecular weight excluding hydrogens is 322 g/mol. The second-order valence-electron chi connectivity index (χ2n) is 5.04. The minimum atomic E-state index is 0.464. The van der Waals surface area contributed by atoms with Gasteiger partial charge in [-0.15, -0.1) is 0 Å². The number of rotatable bonds is 6. The maximum absolute atomic E-state index is 5.38. The summed E-state index contributed by atoms with van der Waals surface area (Å²) >= 11 is 5.24. The average molecular weight is 343 g/mol. The summed E-state index contributed by atoms with van der Waals surface area (Å²) in [6, 6.07) is 15.6. The van der Waals surface area contributed by atoms with Gasteiger partial charge in [-0.3, -0.25) is 5.43 Å². The zero-order chi connectivity index (χ0) is 17.4. The highest BCUT2D eigenvalue weighted by Gasteiger charge is 2.08. The lowest BCUT2D eigenvalue weighted by Gasteiger charge is -2.11. The first-order valence-electron chi connectivity index (χ1n) is 7.48. The van der Waals surface area contributed by atoms with Crippen LogP contribution >= 0.6 is 12.2 Å².